The molecule has 0 fully saturated rings. The number of amides is 3. The molecule has 13 heavy (non-hydrogen) atoms. The SMILES string of the molecule is COC[C@@H](C)NC(=O)NC(=O)CCl. The van der Waals surface area contributed by atoms with Crippen LogP contribution in [0.3, 0.4) is 0 Å². The Labute approximate surface area is 81.8 Å². The Morgan fingerprint density at radius 1 is 1.54 bits per heavy atom. The lowest BCUT2D eigenvalue weighted by atomic mass is 10.4. The summed E-state index contributed by atoms with van der Waals surface area (Å²) < 4.78 is 4.78. The number of carbonyl (C=O) groups is 2. The molecule has 5 nitrogen and oxygen atoms in total. The van der Waals surface area contributed by atoms with Crippen molar-refractivity contribution in [3.8, 4) is 0 Å². The van der Waals surface area contributed by atoms with Gasteiger partial charge in [-0.2, -0.15) is 0 Å². The Morgan fingerprint density at radius 2 is 2.15 bits per heavy atom. The second kappa shape index (κ2) is 6.68. The van der Waals surface area contributed by atoms with Gasteiger partial charge in [-0.25, -0.2) is 4.79 Å². The summed E-state index contributed by atoms with van der Waals surface area (Å²) in [7, 11) is 1.53. The monoisotopic (exact) mass is 208 g/mol. The zero-order valence-corrected chi connectivity index (χ0v) is 8.35. The lowest BCUT2D eigenvalue weighted by molar-refractivity contribution is -0.117. The number of rotatable bonds is 4. The molecule has 0 heterocycles. The Morgan fingerprint density at radius 3 is 2.62 bits per heavy atom. The van der Waals surface area contributed by atoms with E-state index in [0.717, 1.165) is 0 Å². The molecule has 0 spiro atoms. The van der Waals surface area contributed by atoms with E-state index < -0.39 is 11.9 Å². The van der Waals surface area contributed by atoms with Gasteiger partial charge in [-0.05, 0) is 6.92 Å². The molecule has 2 N–H and O–H groups in total. The maximum absolute atomic E-state index is 10.9. The topological polar surface area (TPSA) is 67.4 Å². The summed E-state index contributed by atoms with van der Waals surface area (Å²) in [6.07, 6.45) is 0. The standard InChI is InChI=1S/C7H13ClN2O3/c1-5(4-13-2)9-7(12)10-6(11)3-8/h5H,3-4H2,1-2H3,(H2,9,10,11,12)/t5-/m1/s1. The molecule has 6 heteroatoms. The van der Waals surface area contributed by atoms with Gasteiger partial charge in [0.05, 0.1) is 12.6 Å². The minimum Gasteiger partial charge on any atom is -0.383 e. The molecule has 1 atom stereocenters. The zero-order chi connectivity index (χ0) is 10.3. The molecule has 0 rings (SSSR count). The fraction of sp³-hybridized carbons (Fsp3) is 0.714. The fourth-order valence-corrected chi connectivity index (χ4v) is 0.778. The minimum atomic E-state index is -0.560. The highest BCUT2D eigenvalue weighted by atomic mass is 35.5. The minimum absolute atomic E-state index is 0.145. The van der Waals surface area contributed by atoms with Crippen molar-refractivity contribution in [2.24, 2.45) is 0 Å². The zero-order valence-electron chi connectivity index (χ0n) is 7.59. The number of methoxy groups -OCH3 is 1. The van der Waals surface area contributed by atoms with Gasteiger partial charge in [0, 0.05) is 7.11 Å². The van der Waals surface area contributed by atoms with Gasteiger partial charge in [-0.15, -0.1) is 11.6 Å². The summed E-state index contributed by atoms with van der Waals surface area (Å²) in [6.45, 7) is 2.15. The first-order valence-electron chi connectivity index (χ1n) is 3.75. The van der Waals surface area contributed by atoms with Crippen molar-refractivity contribution in [2.75, 3.05) is 19.6 Å². The van der Waals surface area contributed by atoms with Crippen LogP contribution in [-0.2, 0) is 9.53 Å². The van der Waals surface area contributed by atoms with E-state index in [9.17, 15) is 9.59 Å². The van der Waals surface area contributed by atoms with E-state index in [2.05, 4.69) is 5.32 Å². The maximum atomic E-state index is 10.9. The molecule has 0 unspecified atom stereocenters. The summed E-state index contributed by atoms with van der Waals surface area (Å²) >= 11 is 5.18. The van der Waals surface area contributed by atoms with E-state index in [0.29, 0.717) is 6.61 Å². The number of carbonyl (C=O) groups excluding carboxylic acids is 2. The van der Waals surface area contributed by atoms with Gasteiger partial charge in [0.1, 0.15) is 5.88 Å². The first kappa shape index (κ1) is 12.2. The van der Waals surface area contributed by atoms with Crippen LogP contribution >= 0.6 is 11.6 Å². The molecule has 0 aromatic carbocycles. The highest BCUT2D eigenvalue weighted by Crippen LogP contribution is 1.82. The first-order chi connectivity index (χ1) is 6.10. The molecule has 76 valence electrons. The third-order valence-corrected chi connectivity index (χ3v) is 1.41. The summed E-state index contributed by atoms with van der Waals surface area (Å²) in [6, 6.07) is -0.705. The van der Waals surface area contributed by atoms with E-state index in [1.54, 1.807) is 6.92 Å². The predicted molar refractivity (Wildman–Crippen MR) is 48.7 cm³/mol. The quantitative estimate of drug-likeness (QED) is 0.644. The highest BCUT2D eigenvalue weighted by Gasteiger charge is 2.08. The predicted octanol–water partition coefficient (Wildman–Crippen LogP) is 0.0859. The molecule has 0 bridgehead atoms. The Balaban J connectivity index is 3.67. The number of imide groups is 1. The van der Waals surface area contributed by atoms with E-state index in [1.165, 1.54) is 7.11 Å². The van der Waals surface area contributed by atoms with Crippen molar-refractivity contribution in [1.29, 1.82) is 0 Å². The highest BCUT2D eigenvalue weighted by molar-refractivity contribution is 6.28. The van der Waals surface area contributed by atoms with Crippen LogP contribution in [0.1, 0.15) is 6.92 Å². The Bertz CT molecular complexity index is 187. The third-order valence-electron chi connectivity index (χ3n) is 1.17. The van der Waals surface area contributed by atoms with Crippen LogP contribution in [0, 0.1) is 0 Å². The van der Waals surface area contributed by atoms with Gasteiger partial charge in [-0.1, -0.05) is 0 Å². The van der Waals surface area contributed by atoms with Crippen LogP contribution < -0.4 is 10.6 Å². The van der Waals surface area contributed by atoms with Crippen molar-refractivity contribution in [1.82, 2.24) is 10.6 Å². The molecule has 0 radical (unpaired) electrons. The Hall–Kier alpha value is -0.810. The molecule has 0 aromatic rings. The second-order valence-corrected chi connectivity index (χ2v) is 2.78. The number of nitrogens with one attached hydrogen (secondary N) is 2. The molecule has 0 aromatic heterocycles. The average Bonchev–Trinajstić information content (AvgIpc) is 2.04. The molecule has 3 amide bonds. The smallest absolute Gasteiger partial charge is 0.321 e. The van der Waals surface area contributed by atoms with Crippen LogP contribution in [0.25, 0.3) is 0 Å². The molecular weight excluding hydrogens is 196 g/mol. The van der Waals surface area contributed by atoms with Crippen LogP contribution in [0.2, 0.25) is 0 Å². The maximum Gasteiger partial charge on any atom is 0.321 e. The molecule has 0 aliphatic rings. The van der Waals surface area contributed by atoms with Crippen molar-refractivity contribution < 1.29 is 14.3 Å². The molecule has 0 aliphatic heterocycles. The summed E-state index contributed by atoms with van der Waals surface area (Å²) in [5.74, 6) is -0.754. The average molecular weight is 209 g/mol. The molecule has 0 saturated heterocycles. The summed E-state index contributed by atoms with van der Waals surface area (Å²) in [5, 5.41) is 4.53. The first-order valence-corrected chi connectivity index (χ1v) is 4.28. The van der Waals surface area contributed by atoms with E-state index in [4.69, 9.17) is 16.3 Å². The van der Waals surface area contributed by atoms with Crippen LogP contribution in [0.5, 0.6) is 0 Å². The van der Waals surface area contributed by atoms with E-state index >= 15 is 0 Å². The van der Waals surface area contributed by atoms with Crippen LogP contribution in [0.4, 0.5) is 4.79 Å². The largest absolute Gasteiger partial charge is 0.383 e. The van der Waals surface area contributed by atoms with Crippen molar-refractivity contribution >= 4 is 23.5 Å². The van der Waals surface area contributed by atoms with Crippen LogP contribution in [-0.4, -0.2) is 37.6 Å². The van der Waals surface area contributed by atoms with Gasteiger partial charge in [0.2, 0.25) is 5.91 Å². The lowest BCUT2D eigenvalue weighted by Crippen LogP contribution is -2.45. The number of alkyl halides is 1. The summed E-state index contributed by atoms with van der Waals surface area (Å²) in [5.41, 5.74) is 0. The molecule has 0 aliphatic carbocycles. The fourth-order valence-electron chi connectivity index (χ4n) is 0.712. The third kappa shape index (κ3) is 6.36. The molecule has 0 saturated carbocycles. The van der Waals surface area contributed by atoms with Crippen LogP contribution in [0.15, 0.2) is 0 Å². The normalized spacial score (nSPS) is 11.9. The molecular formula is C7H13ClN2O3. The van der Waals surface area contributed by atoms with Crippen molar-refractivity contribution in [3.63, 3.8) is 0 Å². The van der Waals surface area contributed by atoms with E-state index in [1.807, 2.05) is 5.32 Å². The summed E-state index contributed by atoms with van der Waals surface area (Å²) in [4.78, 5) is 21.6. The Kier molecular flexibility index (Phi) is 6.26. The lowest BCUT2D eigenvalue weighted by Gasteiger charge is -2.12. The van der Waals surface area contributed by atoms with Gasteiger partial charge < -0.3 is 10.1 Å². The van der Waals surface area contributed by atoms with Gasteiger partial charge in [0.15, 0.2) is 0 Å². The van der Waals surface area contributed by atoms with Gasteiger partial charge >= 0.3 is 6.03 Å². The number of hydrogen-bond acceptors (Lipinski definition) is 3. The number of hydrogen-bond donors (Lipinski definition) is 2. The number of urea groups is 1. The van der Waals surface area contributed by atoms with E-state index in [-0.39, 0.29) is 11.9 Å². The number of ether oxygens (including phenoxy) is 1. The van der Waals surface area contributed by atoms with Crippen molar-refractivity contribution in [2.45, 2.75) is 13.0 Å². The second-order valence-electron chi connectivity index (χ2n) is 2.51. The van der Waals surface area contributed by atoms with Crippen molar-refractivity contribution in [3.05, 3.63) is 0 Å². The van der Waals surface area contributed by atoms with Gasteiger partial charge in [-0.3, -0.25) is 10.1 Å². The van der Waals surface area contributed by atoms with Gasteiger partial charge in [0.25, 0.3) is 0 Å². The number of halogens is 1.